The van der Waals surface area contributed by atoms with Crippen LogP contribution in [0.1, 0.15) is 13.3 Å². The van der Waals surface area contributed by atoms with E-state index in [0.717, 1.165) is 23.8 Å². The molecule has 0 fully saturated rings. The fourth-order valence-corrected chi connectivity index (χ4v) is 1.31. The van der Waals surface area contributed by atoms with E-state index in [-0.39, 0.29) is 6.04 Å². The molecule has 1 aromatic heterocycles. The molecule has 1 unspecified atom stereocenters. The van der Waals surface area contributed by atoms with Crippen molar-refractivity contribution in [3.05, 3.63) is 12.4 Å². The van der Waals surface area contributed by atoms with Gasteiger partial charge in [0.1, 0.15) is 17.2 Å². The van der Waals surface area contributed by atoms with Crippen molar-refractivity contribution in [1.29, 1.82) is 0 Å². The molecule has 1 rings (SSSR count). The maximum Gasteiger partial charge on any atom is 0.130 e. The lowest BCUT2D eigenvalue weighted by Crippen LogP contribution is -2.28. The molecule has 3 N–H and O–H groups in total. The molecule has 1 heterocycles. The monoisotopic (exact) mass is 212 g/mol. The van der Waals surface area contributed by atoms with Crippen LogP contribution >= 0.6 is 11.8 Å². The summed E-state index contributed by atoms with van der Waals surface area (Å²) in [5, 5.41) is 4.15. The first-order valence-corrected chi connectivity index (χ1v) is 5.84. The van der Waals surface area contributed by atoms with Gasteiger partial charge in [0, 0.05) is 18.7 Å². The lowest BCUT2D eigenvalue weighted by atomic mass is 10.2. The average molecular weight is 212 g/mol. The van der Waals surface area contributed by atoms with Crippen LogP contribution in [0.3, 0.4) is 0 Å². The molecule has 1 atom stereocenters. The molecule has 0 spiro atoms. The first-order chi connectivity index (χ1) is 6.76. The third-order valence-electron chi connectivity index (χ3n) is 1.92. The van der Waals surface area contributed by atoms with Crippen LogP contribution in [0.5, 0.6) is 0 Å². The summed E-state index contributed by atoms with van der Waals surface area (Å²) in [6.07, 6.45) is 4.52. The van der Waals surface area contributed by atoms with Gasteiger partial charge in [0.05, 0.1) is 0 Å². The highest BCUT2D eigenvalue weighted by Gasteiger charge is 2.00. The van der Waals surface area contributed by atoms with Gasteiger partial charge in [-0.1, -0.05) is 6.92 Å². The number of hydrogen-bond acceptors (Lipinski definition) is 5. The Bertz CT molecular complexity index is 279. The predicted molar refractivity (Wildman–Crippen MR) is 60.6 cm³/mol. The number of rotatable bonds is 5. The molecule has 0 saturated carbocycles. The van der Waals surface area contributed by atoms with Gasteiger partial charge in [-0.15, -0.1) is 11.8 Å². The summed E-state index contributed by atoms with van der Waals surface area (Å²) in [7, 11) is 0. The van der Waals surface area contributed by atoms with Gasteiger partial charge in [0.2, 0.25) is 0 Å². The summed E-state index contributed by atoms with van der Waals surface area (Å²) in [4.78, 5) is 8.19. The van der Waals surface area contributed by atoms with Crippen molar-refractivity contribution in [2.45, 2.75) is 24.4 Å². The molecule has 78 valence electrons. The number of nitrogens with zero attached hydrogens (tertiary/aromatic N) is 2. The number of aromatic nitrogens is 2. The molecule has 4 nitrogen and oxygen atoms in total. The average Bonchev–Trinajstić information content (AvgIpc) is 2.26. The van der Waals surface area contributed by atoms with E-state index in [1.54, 1.807) is 18.1 Å². The summed E-state index contributed by atoms with van der Waals surface area (Å²) >= 11 is 1.60. The highest BCUT2D eigenvalue weighted by atomic mass is 32.2. The fraction of sp³-hybridized carbons (Fsp3) is 0.556. The highest BCUT2D eigenvalue weighted by Crippen LogP contribution is 2.13. The first kappa shape index (κ1) is 11.3. The molecular weight excluding hydrogens is 196 g/mol. The minimum atomic E-state index is 0.183. The van der Waals surface area contributed by atoms with E-state index in [1.807, 2.05) is 12.3 Å². The van der Waals surface area contributed by atoms with Gasteiger partial charge >= 0.3 is 0 Å². The van der Waals surface area contributed by atoms with E-state index in [1.165, 1.54) is 0 Å². The quantitative estimate of drug-likeness (QED) is 0.570. The maximum atomic E-state index is 5.78. The normalized spacial score (nSPS) is 12.5. The van der Waals surface area contributed by atoms with Gasteiger partial charge in [0.25, 0.3) is 0 Å². The topological polar surface area (TPSA) is 63.8 Å². The minimum Gasteiger partial charge on any atom is -0.368 e. The van der Waals surface area contributed by atoms with Crippen molar-refractivity contribution >= 4 is 17.6 Å². The molecular formula is C9H16N4S. The Morgan fingerprint density at radius 3 is 3.00 bits per heavy atom. The van der Waals surface area contributed by atoms with E-state index in [9.17, 15) is 0 Å². The number of anilines is 1. The Morgan fingerprint density at radius 2 is 2.36 bits per heavy atom. The van der Waals surface area contributed by atoms with E-state index >= 15 is 0 Å². The molecule has 0 radical (unpaired) electrons. The van der Waals surface area contributed by atoms with Crippen LogP contribution in [-0.2, 0) is 0 Å². The van der Waals surface area contributed by atoms with Crippen molar-refractivity contribution in [2.75, 3.05) is 18.1 Å². The van der Waals surface area contributed by atoms with Crippen molar-refractivity contribution in [3.63, 3.8) is 0 Å². The zero-order valence-electron chi connectivity index (χ0n) is 8.53. The van der Waals surface area contributed by atoms with Crippen LogP contribution in [-0.4, -0.2) is 28.8 Å². The molecule has 14 heavy (non-hydrogen) atoms. The van der Waals surface area contributed by atoms with Gasteiger partial charge in [-0.3, -0.25) is 0 Å². The van der Waals surface area contributed by atoms with Gasteiger partial charge in [-0.05, 0) is 12.7 Å². The molecule has 1 aromatic rings. The second kappa shape index (κ2) is 5.82. The Hall–Kier alpha value is -0.810. The largest absolute Gasteiger partial charge is 0.368 e. The molecule has 0 aliphatic heterocycles. The lowest BCUT2D eigenvalue weighted by molar-refractivity contribution is 0.677. The zero-order valence-corrected chi connectivity index (χ0v) is 9.34. The standard InChI is InChI=1S/C9H16N4S/c1-3-7(10)5-11-8-4-9(14-2)13-6-12-8/h4,6-7H,3,5,10H2,1-2H3,(H,11,12,13). The Labute approximate surface area is 88.7 Å². The van der Waals surface area contributed by atoms with Crippen LogP contribution in [0.2, 0.25) is 0 Å². The molecule has 0 aromatic carbocycles. The van der Waals surface area contributed by atoms with E-state index in [0.29, 0.717) is 0 Å². The van der Waals surface area contributed by atoms with E-state index < -0.39 is 0 Å². The molecule has 5 heteroatoms. The molecule has 0 amide bonds. The maximum absolute atomic E-state index is 5.78. The van der Waals surface area contributed by atoms with E-state index in [2.05, 4.69) is 22.2 Å². The third-order valence-corrected chi connectivity index (χ3v) is 2.56. The SMILES string of the molecule is CCC(N)CNc1cc(SC)ncn1. The fourth-order valence-electron chi connectivity index (χ4n) is 0.928. The minimum absolute atomic E-state index is 0.183. The summed E-state index contributed by atoms with van der Waals surface area (Å²) in [5.74, 6) is 0.841. The zero-order chi connectivity index (χ0) is 10.4. The molecule has 0 bridgehead atoms. The van der Waals surface area contributed by atoms with Gasteiger partial charge in [-0.2, -0.15) is 0 Å². The van der Waals surface area contributed by atoms with Gasteiger partial charge in [0.15, 0.2) is 0 Å². The van der Waals surface area contributed by atoms with Crippen molar-refractivity contribution in [2.24, 2.45) is 5.73 Å². The van der Waals surface area contributed by atoms with Crippen LogP contribution in [0.15, 0.2) is 17.4 Å². The van der Waals surface area contributed by atoms with Crippen molar-refractivity contribution in [1.82, 2.24) is 9.97 Å². The molecule has 0 aliphatic rings. The van der Waals surface area contributed by atoms with Crippen LogP contribution < -0.4 is 11.1 Å². The van der Waals surface area contributed by atoms with E-state index in [4.69, 9.17) is 5.73 Å². The second-order valence-electron chi connectivity index (χ2n) is 2.99. The van der Waals surface area contributed by atoms with Crippen molar-refractivity contribution < 1.29 is 0 Å². The summed E-state index contributed by atoms with van der Waals surface area (Å²) < 4.78 is 0. The first-order valence-electron chi connectivity index (χ1n) is 4.61. The lowest BCUT2D eigenvalue weighted by Gasteiger charge is -2.10. The smallest absolute Gasteiger partial charge is 0.130 e. The van der Waals surface area contributed by atoms with Crippen molar-refractivity contribution in [3.8, 4) is 0 Å². The van der Waals surface area contributed by atoms with Gasteiger partial charge < -0.3 is 11.1 Å². The number of thioether (sulfide) groups is 1. The molecule has 0 aliphatic carbocycles. The Kier molecular flexibility index (Phi) is 4.69. The second-order valence-corrected chi connectivity index (χ2v) is 3.82. The number of nitrogens with one attached hydrogen (secondary N) is 1. The highest BCUT2D eigenvalue weighted by molar-refractivity contribution is 7.98. The van der Waals surface area contributed by atoms with Crippen LogP contribution in [0.25, 0.3) is 0 Å². The van der Waals surface area contributed by atoms with Crippen LogP contribution in [0.4, 0.5) is 5.82 Å². The summed E-state index contributed by atoms with van der Waals surface area (Å²) in [6.45, 7) is 2.82. The van der Waals surface area contributed by atoms with Crippen LogP contribution in [0, 0.1) is 0 Å². The summed E-state index contributed by atoms with van der Waals surface area (Å²) in [6, 6.07) is 2.11. The number of nitrogens with two attached hydrogens (primary N) is 1. The Balaban J connectivity index is 2.50. The molecule has 0 saturated heterocycles. The predicted octanol–water partition coefficient (Wildman–Crippen LogP) is 1.35. The van der Waals surface area contributed by atoms with Gasteiger partial charge in [-0.25, -0.2) is 9.97 Å². The third kappa shape index (κ3) is 3.51. The summed E-state index contributed by atoms with van der Waals surface area (Å²) in [5.41, 5.74) is 5.78. The Morgan fingerprint density at radius 1 is 1.57 bits per heavy atom. The number of hydrogen-bond donors (Lipinski definition) is 2.